The van der Waals surface area contributed by atoms with Gasteiger partial charge >= 0.3 is 5.57 Å². The van der Waals surface area contributed by atoms with Gasteiger partial charge in [0.05, 0.1) is 18.0 Å². The third-order valence-corrected chi connectivity index (χ3v) is 6.70. The lowest BCUT2D eigenvalue weighted by Crippen LogP contribution is -2.44. The monoisotopic (exact) mass is 509 g/mol. The molecule has 1 fully saturated rings. The van der Waals surface area contributed by atoms with Crippen LogP contribution in [0.3, 0.4) is 0 Å². The van der Waals surface area contributed by atoms with Crippen molar-refractivity contribution in [3.05, 3.63) is 90.0 Å². The zero-order chi connectivity index (χ0) is 25.1. The van der Waals surface area contributed by atoms with Gasteiger partial charge in [0.15, 0.2) is 0 Å². The van der Waals surface area contributed by atoms with E-state index in [1.165, 1.54) is 29.8 Å². The summed E-state index contributed by atoms with van der Waals surface area (Å²) < 4.78 is 30.1. The summed E-state index contributed by atoms with van der Waals surface area (Å²) in [5.41, 5.74) is -0.0349. The number of likely N-dealkylation sites (tertiary alicyclic amines) is 1. The van der Waals surface area contributed by atoms with Crippen molar-refractivity contribution in [2.75, 3.05) is 24.7 Å². The first-order valence-corrected chi connectivity index (χ1v) is 12.4. The number of carbonyl (C=O) groups is 1. The number of halogens is 3. The van der Waals surface area contributed by atoms with Crippen LogP contribution in [0.25, 0.3) is 0 Å². The second-order valence-electron chi connectivity index (χ2n) is 9.15. The molecule has 36 heavy (non-hydrogen) atoms. The van der Waals surface area contributed by atoms with E-state index in [9.17, 15) is 13.6 Å². The van der Waals surface area contributed by atoms with Crippen molar-refractivity contribution in [2.45, 2.75) is 24.8 Å². The highest BCUT2D eigenvalue weighted by atomic mass is 35.5. The molecule has 0 spiro atoms. The minimum absolute atomic E-state index is 0.0885. The molecule has 1 saturated heterocycles. The van der Waals surface area contributed by atoms with Gasteiger partial charge in [-0.05, 0) is 61.1 Å². The van der Waals surface area contributed by atoms with E-state index in [4.69, 9.17) is 11.6 Å². The van der Waals surface area contributed by atoms with Gasteiger partial charge in [0.1, 0.15) is 11.5 Å². The number of hydrogen-bond acceptors (Lipinski definition) is 4. The van der Waals surface area contributed by atoms with E-state index in [1.54, 1.807) is 4.90 Å². The summed E-state index contributed by atoms with van der Waals surface area (Å²) in [6.45, 7) is 2.37. The molecule has 8 heteroatoms. The van der Waals surface area contributed by atoms with Crippen LogP contribution in [0, 0.1) is 5.92 Å². The van der Waals surface area contributed by atoms with Crippen molar-refractivity contribution in [1.82, 2.24) is 4.90 Å². The van der Waals surface area contributed by atoms with E-state index >= 15 is 0 Å². The largest absolute Gasteiger partial charge is 0.487 e. The van der Waals surface area contributed by atoms with E-state index in [2.05, 4.69) is 38.9 Å². The molecule has 5 nitrogen and oxygen atoms in total. The molecule has 1 amide bonds. The molecule has 0 unspecified atom stereocenters. The predicted molar refractivity (Wildman–Crippen MR) is 137 cm³/mol. The van der Waals surface area contributed by atoms with Gasteiger partial charge in [0.2, 0.25) is 0 Å². The van der Waals surface area contributed by atoms with Crippen LogP contribution in [0.1, 0.15) is 24.0 Å². The van der Waals surface area contributed by atoms with Crippen LogP contribution in [0.5, 0.6) is 5.75 Å². The highest BCUT2D eigenvalue weighted by Gasteiger charge is 2.35. The van der Waals surface area contributed by atoms with Crippen molar-refractivity contribution in [3.63, 3.8) is 0 Å². The maximum Gasteiger partial charge on any atom is 0.487 e. The molecule has 5 rings (SSSR count). The van der Waals surface area contributed by atoms with Crippen molar-refractivity contribution >= 4 is 34.6 Å². The molecule has 3 aromatic rings. The van der Waals surface area contributed by atoms with E-state index in [1.807, 2.05) is 30.3 Å². The van der Waals surface area contributed by atoms with E-state index in [0.717, 1.165) is 43.6 Å². The van der Waals surface area contributed by atoms with Gasteiger partial charge in [-0.1, -0.05) is 48.5 Å². The summed E-state index contributed by atoms with van der Waals surface area (Å²) in [7, 11) is 0. The van der Waals surface area contributed by atoms with Gasteiger partial charge in [-0.3, -0.25) is 14.6 Å². The Balaban J connectivity index is 1.27. The molecule has 2 heterocycles. The van der Waals surface area contributed by atoms with Crippen molar-refractivity contribution in [2.24, 2.45) is 10.9 Å². The Labute approximate surface area is 214 Å². The van der Waals surface area contributed by atoms with Crippen LogP contribution in [0.2, 0.25) is 0 Å². The summed E-state index contributed by atoms with van der Waals surface area (Å²) in [6.07, 6.45) is 3.27. The van der Waals surface area contributed by atoms with Gasteiger partial charge < -0.3 is 4.74 Å². The van der Waals surface area contributed by atoms with Crippen LogP contribution in [0.4, 0.5) is 20.2 Å². The normalized spacial score (nSPS) is 18.0. The van der Waals surface area contributed by atoms with Gasteiger partial charge in [-0.15, -0.1) is 8.78 Å². The zero-order valence-corrected chi connectivity index (χ0v) is 20.4. The number of fused-ring (bicyclic) bond motifs is 1. The van der Waals surface area contributed by atoms with Gasteiger partial charge in [-0.2, -0.15) is 0 Å². The van der Waals surface area contributed by atoms with Crippen molar-refractivity contribution in [3.8, 4) is 5.75 Å². The average Bonchev–Trinajstić information content (AvgIpc) is 3.12. The number of nitrogens with zero attached hydrogens (tertiary/aromatic N) is 3. The Bertz CT molecular complexity index is 1240. The van der Waals surface area contributed by atoms with Gasteiger partial charge in [-0.25, -0.2) is 4.99 Å². The highest BCUT2D eigenvalue weighted by molar-refractivity contribution is 6.54. The minimum Gasteiger partial charge on any atom is -0.420 e. The second-order valence-corrected chi connectivity index (χ2v) is 9.59. The Kier molecular flexibility index (Phi) is 7.03. The molecular weight excluding hydrogens is 484 g/mol. The van der Waals surface area contributed by atoms with Crippen molar-refractivity contribution < 1.29 is 18.3 Å². The lowest BCUT2D eigenvalue weighted by atomic mass is 9.90. The summed E-state index contributed by atoms with van der Waals surface area (Å²) in [4.78, 5) is 22.1. The number of alkyl halides is 3. The Hall–Kier alpha value is -3.29. The summed E-state index contributed by atoms with van der Waals surface area (Å²) in [5.74, 6) is 0.387. The SMILES string of the molecule is O=C1C(=Nc2ccc(OC(F)(F)Cl)cc2)c2ccccc2N1CN1CCC(Cc2ccccc2)CC1. The number of rotatable bonds is 7. The molecule has 2 aliphatic rings. The third-order valence-electron chi connectivity index (χ3n) is 6.62. The second kappa shape index (κ2) is 10.4. The Morgan fingerprint density at radius 3 is 2.31 bits per heavy atom. The fourth-order valence-corrected chi connectivity index (χ4v) is 4.93. The Morgan fingerprint density at radius 1 is 0.944 bits per heavy atom. The lowest BCUT2D eigenvalue weighted by molar-refractivity contribution is -0.112. The lowest BCUT2D eigenvalue weighted by Gasteiger charge is -2.34. The number of amides is 1. The molecule has 0 aromatic heterocycles. The van der Waals surface area contributed by atoms with Crippen LogP contribution in [-0.4, -0.2) is 41.8 Å². The zero-order valence-electron chi connectivity index (χ0n) is 19.6. The average molecular weight is 510 g/mol. The molecule has 0 bridgehead atoms. The molecule has 0 N–H and O–H groups in total. The maximum atomic E-state index is 13.4. The topological polar surface area (TPSA) is 45.1 Å². The number of ether oxygens (including phenoxy) is 1. The first-order valence-electron chi connectivity index (χ1n) is 12.0. The number of para-hydroxylation sites is 1. The fourth-order valence-electron chi connectivity index (χ4n) is 4.84. The quantitative estimate of drug-likeness (QED) is 0.354. The first-order chi connectivity index (χ1) is 17.4. The molecule has 186 valence electrons. The van der Waals surface area contributed by atoms with E-state index in [0.29, 0.717) is 24.0 Å². The third kappa shape index (κ3) is 5.74. The van der Waals surface area contributed by atoms with Crippen molar-refractivity contribution in [1.29, 1.82) is 0 Å². The fraction of sp³-hybridized carbons (Fsp3) is 0.286. The van der Waals surface area contributed by atoms with E-state index in [-0.39, 0.29) is 11.7 Å². The Morgan fingerprint density at radius 2 is 1.61 bits per heavy atom. The predicted octanol–water partition coefficient (Wildman–Crippen LogP) is 6.23. The molecule has 0 radical (unpaired) electrons. The molecule has 3 aromatic carbocycles. The maximum absolute atomic E-state index is 13.4. The van der Waals surface area contributed by atoms with Crippen LogP contribution < -0.4 is 9.64 Å². The van der Waals surface area contributed by atoms with Crippen LogP contribution in [-0.2, 0) is 11.2 Å². The summed E-state index contributed by atoms with van der Waals surface area (Å²) in [6, 6.07) is 23.9. The highest BCUT2D eigenvalue weighted by Crippen LogP contribution is 2.33. The van der Waals surface area contributed by atoms with Crippen LogP contribution in [0.15, 0.2) is 83.9 Å². The minimum atomic E-state index is -3.79. The summed E-state index contributed by atoms with van der Waals surface area (Å²) in [5, 5.41) is 0. The molecule has 0 atom stereocenters. The van der Waals surface area contributed by atoms with E-state index < -0.39 is 5.57 Å². The smallest absolute Gasteiger partial charge is 0.420 e. The number of piperidine rings is 1. The van der Waals surface area contributed by atoms with Crippen LogP contribution >= 0.6 is 11.6 Å². The molecular formula is C28H26ClF2N3O2. The number of anilines is 1. The number of benzene rings is 3. The molecule has 2 aliphatic heterocycles. The van der Waals surface area contributed by atoms with Gasteiger partial charge in [0.25, 0.3) is 5.91 Å². The summed E-state index contributed by atoms with van der Waals surface area (Å²) >= 11 is 4.82. The number of hydrogen-bond donors (Lipinski definition) is 0. The molecule has 0 aliphatic carbocycles. The first kappa shape index (κ1) is 24.4. The number of carbonyl (C=O) groups excluding carboxylic acids is 1. The number of aliphatic imine (C=N–C) groups is 1. The standard InChI is InChI=1S/C28H26ClF2N3O2/c29-28(30,31)36-23-12-10-22(11-13-23)32-26-24-8-4-5-9-25(24)34(27(26)35)19-33-16-14-21(15-17-33)18-20-6-2-1-3-7-20/h1-13,21H,14-19H2. The van der Waals surface area contributed by atoms with Gasteiger partial charge in [0, 0.05) is 30.3 Å². The molecule has 0 saturated carbocycles.